The quantitative estimate of drug-likeness (QED) is 0.432. The van der Waals surface area contributed by atoms with E-state index in [1.54, 1.807) is 13.2 Å². The van der Waals surface area contributed by atoms with Crippen molar-refractivity contribution in [3.63, 3.8) is 0 Å². The van der Waals surface area contributed by atoms with Gasteiger partial charge in [-0.2, -0.15) is 0 Å². The molecule has 0 radical (unpaired) electrons. The summed E-state index contributed by atoms with van der Waals surface area (Å²) in [6.07, 6.45) is 0.856. The standard InChI is InChI=1S/C24H26FO2P/c1-4-24(2,28-22-16-9-8-14-20(22)25)19-13-10-15-21(26-3)23(19)27-17-18-11-6-5-7-12-18/h5-16,28H,4,17H2,1-3H3. The monoisotopic (exact) mass is 396 g/mol. The highest BCUT2D eigenvalue weighted by Crippen LogP contribution is 2.50. The van der Waals surface area contributed by atoms with Crippen LogP contribution in [-0.2, 0) is 11.8 Å². The van der Waals surface area contributed by atoms with E-state index >= 15 is 0 Å². The maximum absolute atomic E-state index is 14.3. The number of ether oxygens (including phenoxy) is 2. The zero-order chi connectivity index (χ0) is 20.0. The first kappa shape index (κ1) is 20.4. The molecule has 0 saturated heterocycles. The largest absolute Gasteiger partial charge is 0.493 e. The van der Waals surface area contributed by atoms with Crippen LogP contribution in [0.3, 0.4) is 0 Å². The minimum atomic E-state index is -0.261. The number of rotatable bonds is 8. The van der Waals surface area contributed by atoms with Crippen molar-refractivity contribution in [1.82, 2.24) is 0 Å². The molecule has 3 aromatic rings. The highest BCUT2D eigenvalue weighted by molar-refractivity contribution is 7.48. The fraction of sp³-hybridized carbons (Fsp3) is 0.250. The molecule has 2 atom stereocenters. The van der Waals surface area contributed by atoms with Gasteiger partial charge in [0.25, 0.3) is 0 Å². The molecule has 0 aliphatic rings. The number of hydrogen-bond acceptors (Lipinski definition) is 2. The van der Waals surface area contributed by atoms with E-state index in [1.807, 2.05) is 54.6 Å². The number of hydrogen-bond donors (Lipinski definition) is 0. The summed E-state index contributed by atoms with van der Waals surface area (Å²) in [7, 11) is 1.93. The van der Waals surface area contributed by atoms with Crippen LogP contribution in [-0.4, -0.2) is 7.11 Å². The molecule has 146 valence electrons. The Bertz CT molecular complexity index is 913. The number of benzene rings is 3. The van der Waals surface area contributed by atoms with E-state index in [9.17, 15) is 4.39 Å². The van der Waals surface area contributed by atoms with Crippen LogP contribution >= 0.6 is 8.58 Å². The molecular weight excluding hydrogens is 370 g/mol. The molecule has 3 aromatic carbocycles. The fourth-order valence-corrected chi connectivity index (χ4v) is 4.68. The number of halogens is 1. The molecule has 0 heterocycles. The average molecular weight is 396 g/mol. The Kier molecular flexibility index (Phi) is 6.70. The first-order valence-electron chi connectivity index (χ1n) is 9.44. The second-order valence-corrected chi connectivity index (χ2v) is 8.79. The Labute approximate surface area is 168 Å². The first-order chi connectivity index (χ1) is 13.6. The van der Waals surface area contributed by atoms with Crippen molar-refractivity contribution < 1.29 is 13.9 Å². The van der Waals surface area contributed by atoms with Crippen molar-refractivity contribution in [3.8, 4) is 11.5 Å². The van der Waals surface area contributed by atoms with Crippen molar-refractivity contribution in [2.75, 3.05) is 7.11 Å². The molecule has 0 N–H and O–H groups in total. The van der Waals surface area contributed by atoms with E-state index in [0.29, 0.717) is 12.4 Å². The lowest BCUT2D eigenvalue weighted by molar-refractivity contribution is 0.278. The predicted octanol–water partition coefficient (Wildman–Crippen LogP) is 6.04. The predicted molar refractivity (Wildman–Crippen MR) is 116 cm³/mol. The Morgan fingerprint density at radius 2 is 1.64 bits per heavy atom. The summed E-state index contributed by atoms with van der Waals surface area (Å²) in [5.74, 6) is 1.28. The average Bonchev–Trinajstić information content (AvgIpc) is 2.74. The summed E-state index contributed by atoms with van der Waals surface area (Å²) in [6.45, 7) is 4.76. The smallest absolute Gasteiger partial charge is 0.165 e. The third-order valence-corrected chi connectivity index (χ3v) is 6.86. The third kappa shape index (κ3) is 4.54. The van der Waals surface area contributed by atoms with Crippen molar-refractivity contribution in [2.24, 2.45) is 0 Å². The Hall–Kier alpha value is -2.38. The Morgan fingerprint density at radius 3 is 2.32 bits per heavy atom. The summed E-state index contributed by atoms with van der Waals surface area (Å²) >= 11 is 0. The second-order valence-electron chi connectivity index (χ2n) is 6.90. The SMILES string of the molecule is CCC(C)(Pc1ccccc1F)c1cccc(OC)c1OCc1ccccc1. The molecule has 0 saturated carbocycles. The lowest BCUT2D eigenvalue weighted by Crippen LogP contribution is -2.21. The topological polar surface area (TPSA) is 18.5 Å². The van der Waals surface area contributed by atoms with Gasteiger partial charge in [0, 0.05) is 16.0 Å². The maximum Gasteiger partial charge on any atom is 0.165 e. The van der Waals surface area contributed by atoms with E-state index in [2.05, 4.69) is 19.9 Å². The lowest BCUT2D eigenvalue weighted by Gasteiger charge is -2.31. The van der Waals surface area contributed by atoms with Gasteiger partial charge in [0.2, 0.25) is 0 Å². The molecule has 0 aliphatic heterocycles. The highest BCUT2D eigenvalue weighted by Gasteiger charge is 2.31. The summed E-state index contributed by atoms with van der Waals surface area (Å²) in [5, 5.41) is 0.478. The molecule has 28 heavy (non-hydrogen) atoms. The van der Waals surface area contributed by atoms with Crippen LogP contribution in [0.5, 0.6) is 11.5 Å². The van der Waals surface area contributed by atoms with Crippen molar-refractivity contribution in [1.29, 1.82) is 0 Å². The molecule has 4 heteroatoms. The zero-order valence-corrected chi connectivity index (χ0v) is 17.5. The molecule has 2 unspecified atom stereocenters. The second kappa shape index (κ2) is 9.21. The minimum Gasteiger partial charge on any atom is -0.493 e. The minimum absolute atomic E-state index is 0.157. The van der Waals surface area contributed by atoms with E-state index in [4.69, 9.17) is 9.47 Å². The summed E-state index contributed by atoms with van der Waals surface area (Å²) < 4.78 is 26.2. The lowest BCUT2D eigenvalue weighted by atomic mass is 9.96. The van der Waals surface area contributed by atoms with Gasteiger partial charge < -0.3 is 9.47 Å². The molecule has 0 amide bonds. The van der Waals surface area contributed by atoms with Crippen molar-refractivity contribution >= 4 is 13.9 Å². The normalized spacial score (nSPS) is 13.4. The van der Waals surface area contributed by atoms with Gasteiger partial charge in [-0.05, 0) is 24.1 Å². The van der Waals surface area contributed by atoms with Crippen LogP contribution in [0, 0.1) is 5.82 Å². The van der Waals surface area contributed by atoms with E-state index in [1.165, 1.54) is 6.07 Å². The van der Waals surface area contributed by atoms with E-state index in [-0.39, 0.29) is 19.6 Å². The molecule has 0 fully saturated rings. The van der Waals surface area contributed by atoms with Crippen LogP contribution in [0.15, 0.2) is 72.8 Å². The van der Waals surface area contributed by atoms with Gasteiger partial charge >= 0.3 is 0 Å². The first-order valence-corrected chi connectivity index (χ1v) is 10.4. The van der Waals surface area contributed by atoms with E-state index in [0.717, 1.165) is 28.6 Å². The molecule has 3 rings (SSSR count). The zero-order valence-electron chi connectivity index (χ0n) is 16.5. The van der Waals surface area contributed by atoms with Gasteiger partial charge in [-0.25, -0.2) is 4.39 Å². The van der Waals surface area contributed by atoms with Crippen LogP contribution in [0.1, 0.15) is 31.4 Å². The molecule has 2 nitrogen and oxygen atoms in total. The van der Waals surface area contributed by atoms with E-state index < -0.39 is 0 Å². The van der Waals surface area contributed by atoms with Gasteiger partial charge in [-0.15, -0.1) is 0 Å². The maximum atomic E-state index is 14.3. The molecule has 0 spiro atoms. The van der Waals surface area contributed by atoms with Crippen LogP contribution in [0.2, 0.25) is 0 Å². The van der Waals surface area contributed by atoms with Gasteiger partial charge in [-0.3, -0.25) is 0 Å². The fourth-order valence-electron chi connectivity index (χ4n) is 3.20. The van der Waals surface area contributed by atoms with Crippen molar-refractivity contribution in [3.05, 3.63) is 89.7 Å². The van der Waals surface area contributed by atoms with Crippen LogP contribution in [0.4, 0.5) is 4.39 Å². The number of methoxy groups -OCH3 is 1. The van der Waals surface area contributed by atoms with Gasteiger partial charge in [0.05, 0.1) is 7.11 Å². The Morgan fingerprint density at radius 1 is 0.929 bits per heavy atom. The summed E-state index contributed by atoms with van der Waals surface area (Å²) in [5.41, 5.74) is 2.14. The van der Waals surface area contributed by atoms with Gasteiger partial charge in [-0.1, -0.05) is 83.1 Å². The van der Waals surface area contributed by atoms with Gasteiger partial charge in [0.1, 0.15) is 12.4 Å². The van der Waals surface area contributed by atoms with Crippen LogP contribution < -0.4 is 14.8 Å². The molecule has 0 bridgehead atoms. The number of para-hydroxylation sites is 1. The van der Waals surface area contributed by atoms with Crippen molar-refractivity contribution in [2.45, 2.75) is 32.0 Å². The van der Waals surface area contributed by atoms with Gasteiger partial charge in [0.15, 0.2) is 11.5 Å². The highest BCUT2D eigenvalue weighted by atomic mass is 31.1. The molecule has 0 aliphatic carbocycles. The Balaban J connectivity index is 1.97. The summed E-state index contributed by atoms with van der Waals surface area (Å²) in [6, 6.07) is 23.0. The van der Waals surface area contributed by atoms with Crippen LogP contribution in [0.25, 0.3) is 0 Å². The molecular formula is C24H26FO2P. The summed E-state index contributed by atoms with van der Waals surface area (Å²) in [4.78, 5) is 0. The molecule has 0 aromatic heterocycles. The third-order valence-electron chi connectivity index (χ3n) is 5.01.